The Hall–Kier alpha value is -2.54. The molecule has 1 amide bonds. The number of morpholine rings is 1. The molecule has 1 aromatic carbocycles. The molecule has 0 bridgehead atoms. The molecule has 2 aromatic rings. The van der Waals surface area contributed by atoms with Crippen LogP contribution in [0.25, 0.3) is 0 Å². The average Bonchev–Trinajstić information content (AvgIpc) is 2.90. The van der Waals surface area contributed by atoms with Gasteiger partial charge in [-0.2, -0.15) is 0 Å². The van der Waals surface area contributed by atoms with Crippen LogP contribution < -0.4 is 10.4 Å². The summed E-state index contributed by atoms with van der Waals surface area (Å²) in [6.45, 7) is 6.78. The van der Waals surface area contributed by atoms with Crippen LogP contribution in [0.15, 0.2) is 35.1 Å². The molecule has 0 aliphatic carbocycles. The fraction of sp³-hybridized carbons (Fsp3) is 0.444. The first-order valence-corrected chi connectivity index (χ1v) is 8.28. The van der Waals surface area contributed by atoms with Crippen molar-refractivity contribution >= 4 is 5.91 Å². The van der Waals surface area contributed by atoms with Crippen LogP contribution >= 0.6 is 0 Å². The highest BCUT2D eigenvalue weighted by atomic mass is 16.5. The lowest BCUT2D eigenvalue weighted by molar-refractivity contribution is -0.136. The monoisotopic (exact) mass is 345 g/mol. The summed E-state index contributed by atoms with van der Waals surface area (Å²) in [6.07, 6.45) is -0.251. The summed E-state index contributed by atoms with van der Waals surface area (Å²) >= 11 is 0. The molecule has 0 saturated carbocycles. The lowest BCUT2D eigenvalue weighted by atomic mass is 10.0. The third kappa shape index (κ3) is 4.11. The third-order valence-electron chi connectivity index (χ3n) is 4.08. The summed E-state index contributed by atoms with van der Waals surface area (Å²) in [4.78, 5) is 31.1. The standard InChI is InChI=1S/C18H23N3O4/c1-12-15(20-17(23)19-12)16(22)21-9-14(25-18(2,3)11-21)10-24-13-7-5-4-6-8-13/h4-8,14H,9-11H2,1-3H3,(H2,19,20,23)/t14-/m1/s1. The molecule has 2 heterocycles. The third-order valence-corrected chi connectivity index (χ3v) is 4.08. The molecule has 0 radical (unpaired) electrons. The van der Waals surface area contributed by atoms with Crippen molar-refractivity contribution in [2.45, 2.75) is 32.5 Å². The highest BCUT2D eigenvalue weighted by Gasteiger charge is 2.37. The number of hydrogen-bond acceptors (Lipinski definition) is 4. The molecule has 7 nitrogen and oxygen atoms in total. The smallest absolute Gasteiger partial charge is 0.323 e. The molecule has 0 unspecified atom stereocenters. The minimum absolute atomic E-state index is 0.211. The number of rotatable bonds is 4. The Morgan fingerprint density at radius 2 is 2.04 bits per heavy atom. The van der Waals surface area contributed by atoms with E-state index < -0.39 is 5.60 Å². The van der Waals surface area contributed by atoms with E-state index in [2.05, 4.69) is 9.97 Å². The number of benzene rings is 1. The van der Waals surface area contributed by atoms with Crippen molar-refractivity contribution in [1.29, 1.82) is 0 Å². The Morgan fingerprint density at radius 1 is 1.32 bits per heavy atom. The second-order valence-corrected chi connectivity index (χ2v) is 6.89. The van der Waals surface area contributed by atoms with Crippen molar-refractivity contribution in [3.8, 4) is 5.75 Å². The number of ether oxygens (including phenoxy) is 2. The number of imidazole rings is 1. The van der Waals surface area contributed by atoms with Crippen LogP contribution in [-0.4, -0.2) is 52.2 Å². The number of aromatic nitrogens is 2. The van der Waals surface area contributed by atoms with E-state index in [1.807, 2.05) is 44.2 Å². The van der Waals surface area contributed by atoms with E-state index in [9.17, 15) is 9.59 Å². The number of carbonyl (C=O) groups excluding carboxylic acids is 1. The van der Waals surface area contributed by atoms with Crippen LogP contribution in [0.2, 0.25) is 0 Å². The summed E-state index contributed by atoms with van der Waals surface area (Å²) in [6, 6.07) is 9.49. The molecule has 1 aliphatic heterocycles. The normalized spacial score (nSPS) is 19.6. The predicted molar refractivity (Wildman–Crippen MR) is 92.9 cm³/mol. The van der Waals surface area contributed by atoms with Gasteiger partial charge in [0.2, 0.25) is 0 Å². The van der Waals surface area contributed by atoms with E-state index in [4.69, 9.17) is 9.47 Å². The van der Waals surface area contributed by atoms with E-state index in [0.717, 1.165) is 5.75 Å². The summed E-state index contributed by atoms with van der Waals surface area (Å²) in [7, 11) is 0. The lowest BCUT2D eigenvalue weighted by Gasteiger charge is -2.42. The van der Waals surface area contributed by atoms with Crippen molar-refractivity contribution < 1.29 is 14.3 Å². The number of aromatic amines is 2. The maximum Gasteiger partial charge on any atom is 0.323 e. The van der Waals surface area contributed by atoms with Crippen LogP contribution in [0.5, 0.6) is 5.75 Å². The molecule has 1 aromatic heterocycles. The van der Waals surface area contributed by atoms with Gasteiger partial charge in [0.15, 0.2) is 0 Å². The number of nitrogens with zero attached hydrogens (tertiary/aromatic N) is 1. The first-order valence-electron chi connectivity index (χ1n) is 8.28. The molecule has 7 heteroatoms. The number of hydrogen-bond donors (Lipinski definition) is 2. The summed E-state index contributed by atoms with van der Waals surface area (Å²) in [5.74, 6) is 0.551. The highest BCUT2D eigenvalue weighted by molar-refractivity contribution is 5.93. The number of amides is 1. The maximum atomic E-state index is 12.8. The zero-order valence-corrected chi connectivity index (χ0v) is 14.7. The minimum Gasteiger partial charge on any atom is -0.491 e. The van der Waals surface area contributed by atoms with Crippen molar-refractivity contribution in [3.63, 3.8) is 0 Å². The lowest BCUT2D eigenvalue weighted by Crippen LogP contribution is -2.56. The molecule has 3 rings (SSSR count). The van der Waals surface area contributed by atoms with Crippen molar-refractivity contribution in [2.75, 3.05) is 19.7 Å². The average molecular weight is 345 g/mol. The fourth-order valence-electron chi connectivity index (χ4n) is 3.09. The molecule has 0 spiro atoms. The molecule has 1 atom stereocenters. The van der Waals surface area contributed by atoms with Gasteiger partial charge in [-0.05, 0) is 32.9 Å². The van der Waals surface area contributed by atoms with Gasteiger partial charge in [-0.3, -0.25) is 4.79 Å². The zero-order valence-electron chi connectivity index (χ0n) is 14.7. The van der Waals surface area contributed by atoms with Gasteiger partial charge in [0.1, 0.15) is 24.2 Å². The molecule has 1 aliphatic rings. The Morgan fingerprint density at radius 3 is 2.68 bits per heavy atom. The molecule has 1 saturated heterocycles. The van der Waals surface area contributed by atoms with Crippen LogP contribution in [-0.2, 0) is 4.74 Å². The van der Waals surface area contributed by atoms with Gasteiger partial charge in [-0.1, -0.05) is 18.2 Å². The zero-order chi connectivity index (χ0) is 18.0. The molecule has 134 valence electrons. The summed E-state index contributed by atoms with van der Waals surface area (Å²) in [5.41, 5.74) is -0.0394. The topological polar surface area (TPSA) is 87.4 Å². The van der Waals surface area contributed by atoms with E-state index >= 15 is 0 Å². The van der Waals surface area contributed by atoms with E-state index in [0.29, 0.717) is 31.1 Å². The Labute approximate surface area is 146 Å². The van der Waals surface area contributed by atoms with E-state index in [1.54, 1.807) is 11.8 Å². The second-order valence-electron chi connectivity index (χ2n) is 6.89. The predicted octanol–water partition coefficient (Wildman–Crippen LogP) is 1.71. The van der Waals surface area contributed by atoms with Crippen LogP contribution in [0.3, 0.4) is 0 Å². The number of H-pyrrole nitrogens is 2. The van der Waals surface area contributed by atoms with Crippen molar-refractivity contribution in [2.24, 2.45) is 0 Å². The molecule has 1 fully saturated rings. The first-order chi connectivity index (χ1) is 11.8. The van der Waals surface area contributed by atoms with Crippen molar-refractivity contribution in [1.82, 2.24) is 14.9 Å². The Balaban J connectivity index is 1.71. The SMILES string of the molecule is Cc1[nH]c(=O)[nH]c1C(=O)N1C[C@H](COc2ccccc2)OC(C)(C)C1. The van der Waals surface area contributed by atoms with Gasteiger partial charge < -0.3 is 24.3 Å². The van der Waals surface area contributed by atoms with Crippen LogP contribution in [0, 0.1) is 6.92 Å². The largest absolute Gasteiger partial charge is 0.491 e. The molecular formula is C18H23N3O4. The maximum absolute atomic E-state index is 12.8. The van der Waals surface area contributed by atoms with Gasteiger partial charge in [-0.15, -0.1) is 0 Å². The quantitative estimate of drug-likeness (QED) is 0.883. The van der Waals surface area contributed by atoms with Crippen LogP contribution in [0.1, 0.15) is 30.0 Å². The van der Waals surface area contributed by atoms with Gasteiger partial charge in [0, 0.05) is 12.2 Å². The summed E-state index contributed by atoms with van der Waals surface area (Å²) in [5, 5.41) is 0. The van der Waals surface area contributed by atoms with Crippen LogP contribution in [0.4, 0.5) is 0 Å². The second kappa shape index (κ2) is 6.76. The van der Waals surface area contributed by atoms with Gasteiger partial charge >= 0.3 is 5.69 Å². The number of carbonyl (C=O) groups is 1. The van der Waals surface area contributed by atoms with Gasteiger partial charge in [0.05, 0.1) is 12.1 Å². The van der Waals surface area contributed by atoms with E-state index in [-0.39, 0.29) is 17.7 Å². The Kier molecular flexibility index (Phi) is 4.67. The van der Waals surface area contributed by atoms with Crippen molar-refractivity contribution in [3.05, 3.63) is 52.2 Å². The minimum atomic E-state index is -0.497. The number of aryl methyl sites for hydroxylation is 1. The molecule has 25 heavy (non-hydrogen) atoms. The fourth-order valence-corrected chi connectivity index (χ4v) is 3.09. The Bertz CT molecular complexity index is 794. The number of nitrogens with one attached hydrogen (secondary N) is 2. The van der Waals surface area contributed by atoms with Gasteiger partial charge in [-0.25, -0.2) is 4.79 Å². The van der Waals surface area contributed by atoms with Gasteiger partial charge in [0.25, 0.3) is 5.91 Å². The molecular weight excluding hydrogens is 322 g/mol. The summed E-state index contributed by atoms with van der Waals surface area (Å²) < 4.78 is 11.8. The number of para-hydroxylation sites is 1. The highest BCUT2D eigenvalue weighted by Crippen LogP contribution is 2.23. The first kappa shape index (κ1) is 17.3. The van der Waals surface area contributed by atoms with E-state index in [1.165, 1.54) is 0 Å². The molecule has 2 N–H and O–H groups in total.